The molecule has 2 heterocycles. The molecule has 0 radical (unpaired) electrons. The van der Waals surface area contributed by atoms with Crippen LogP contribution in [0.15, 0.2) is 12.1 Å². The van der Waals surface area contributed by atoms with Crippen LogP contribution in [0.1, 0.15) is 58.6 Å². The first kappa shape index (κ1) is 21.2. The normalized spacial score (nSPS) is 44.8. The van der Waals surface area contributed by atoms with Crippen molar-refractivity contribution >= 4 is 0 Å². The van der Waals surface area contributed by atoms with Gasteiger partial charge in [0, 0.05) is 36.3 Å². The monoisotopic (exact) mass is 442 g/mol. The summed E-state index contributed by atoms with van der Waals surface area (Å²) in [6, 6.07) is 4.98. The number of nitrogens with two attached hydrogens (primary N) is 1. The number of quaternary nitrogens is 1. The molecule has 5 heteroatoms. The quantitative estimate of drug-likeness (QED) is 0.753. The van der Waals surface area contributed by atoms with E-state index in [9.17, 15) is 5.11 Å². The van der Waals surface area contributed by atoms with Gasteiger partial charge in [-0.15, -0.1) is 0 Å². The minimum atomic E-state index is -0.887. The molecule has 2 saturated carbocycles. The maximum atomic E-state index is 12.1. The Balaban J connectivity index is 1.63. The van der Waals surface area contributed by atoms with Gasteiger partial charge in [0.2, 0.25) is 0 Å². The highest BCUT2D eigenvalue weighted by molar-refractivity contribution is 5.63. The van der Waals surface area contributed by atoms with Crippen LogP contribution in [0.5, 0.6) is 11.5 Å². The van der Waals surface area contributed by atoms with Crippen LogP contribution in [-0.2, 0) is 16.6 Å². The van der Waals surface area contributed by atoms with Crippen molar-refractivity contribution < 1.29 is 24.6 Å². The van der Waals surface area contributed by atoms with Crippen molar-refractivity contribution in [2.75, 3.05) is 20.8 Å². The zero-order valence-electron chi connectivity index (χ0n) is 20.7. The molecule has 6 rings (SSSR count). The Labute approximate surface area is 192 Å². The van der Waals surface area contributed by atoms with Crippen molar-refractivity contribution in [3.8, 4) is 11.5 Å². The van der Waals surface area contributed by atoms with Gasteiger partial charge in [0.25, 0.3) is 0 Å². The van der Waals surface area contributed by atoms with Crippen LogP contribution in [0.25, 0.3) is 0 Å². The molecule has 5 aliphatic rings. The van der Waals surface area contributed by atoms with Gasteiger partial charge in [0.05, 0.1) is 30.7 Å². The van der Waals surface area contributed by atoms with Gasteiger partial charge in [0.15, 0.2) is 11.5 Å². The molecule has 2 aliphatic heterocycles. The van der Waals surface area contributed by atoms with Crippen LogP contribution in [-0.4, -0.2) is 49.2 Å². The van der Waals surface area contributed by atoms with Crippen LogP contribution >= 0.6 is 0 Å². The zero-order valence-corrected chi connectivity index (χ0v) is 20.7. The maximum absolute atomic E-state index is 12.1. The molecule has 3 aliphatic carbocycles. The second kappa shape index (κ2) is 6.22. The van der Waals surface area contributed by atoms with E-state index in [1.165, 1.54) is 17.7 Å². The third kappa shape index (κ3) is 2.05. The number of hydrogen-bond acceptors (Lipinski definition) is 4. The molecule has 1 aromatic rings. The summed E-state index contributed by atoms with van der Waals surface area (Å²) in [7, 11) is 3.59. The fourth-order valence-electron chi connectivity index (χ4n) is 9.24. The SMILES string of the molecule is CCC1(OC)C2Oc3c(OC)ccc4c3C23C2C[NH2+]C(C2C4)C3CC1C(C)(O)C(C)(C)C. The van der Waals surface area contributed by atoms with Crippen LogP contribution in [0.4, 0.5) is 0 Å². The minimum Gasteiger partial charge on any atom is -0.493 e. The second-order valence-corrected chi connectivity index (χ2v) is 12.4. The molecule has 5 nitrogen and oxygen atoms in total. The van der Waals surface area contributed by atoms with Gasteiger partial charge in [0.1, 0.15) is 11.7 Å². The number of benzene rings is 1. The number of methoxy groups -OCH3 is 2. The Hall–Kier alpha value is -1.30. The zero-order chi connectivity index (χ0) is 22.8. The number of aliphatic hydroxyl groups is 1. The molecule has 176 valence electrons. The van der Waals surface area contributed by atoms with Gasteiger partial charge in [-0.25, -0.2) is 0 Å². The molecule has 9 atom stereocenters. The molecular formula is C27H40NO4+. The summed E-state index contributed by atoms with van der Waals surface area (Å²) in [5.74, 6) is 3.56. The fraction of sp³-hybridized carbons (Fsp3) is 0.778. The molecule has 0 amide bonds. The summed E-state index contributed by atoms with van der Waals surface area (Å²) in [5, 5.41) is 14.7. The first-order valence-corrected chi connectivity index (χ1v) is 12.6. The topological polar surface area (TPSA) is 64.5 Å². The Kier molecular flexibility index (Phi) is 4.13. The number of fused-ring (bicyclic) bond motifs is 1. The van der Waals surface area contributed by atoms with Crippen molar-refractivity contribution in [3.63, 3.8) is 0 Å². The third-order valence-corrected chi connectivity index (χ3v) is 11.0. The molecule has 32 heavy (non-hydrogen) atoms. The molecule has 0 aromatic heterocycles. The van der Waals surface area contributed by atoms with Crippen molar-refractivity contribution in [3.05, 3.63) is 23.3 Å². The van der Waals surface area contributed by atoms with Gasteiger partial charge in [-0.1, -0.05) is 33.8 Å². The number of hydrogen-bond donors (Lipinski definition) is 2. The lowest BCUT2D eigenvalue weighted by molar-refractivity contribution is -0.692. The summed E-state index contributed by atoms with van der Waals surface area (Å²) >= 11 is 0. The molecule has 3 N–H and O–H groups in total. The van der Waals surface area contributed by atoms with E-state index in [2.05, 4.69) is 45.1 Å². The molecule has 9 unspecified atom stereocenters. The largest absolute Gasteiger partial charge is 0.493 e. The Morgan fingerprint density at radius 1 is 1.19 bits per heavy atom. The lowest BCUT2D eigenvalue weighted by atomic mass is 9.46. The van der Waals surface area contributed by atoms with Crippen molar-refractivity contribution in [2.45, 2.75) is 82.6 Å². The fourth-order valence-corrected chi connectivity index (χ4v) is 9.24. The molecule has 3 fully saturated rings. The Bertz CT molecular complexity index is 961. The smallest absolute Gasteiger partial charge is 0.165 e. The lowest BCUT2D eigenvalue weighted by Crippen LogP contribution is -2.93. The first-order chi connectivity index (χ1) is 15.1. The van der Waals surface area contributed by atoms with Crippen LogP contribution in [0.3, 0.4) is 0 Å². The number of rotatable bonds is 4. The molecule has 1 aromatic carbocycles. The Morgan fingerprint density at radius 2 is 1.94 bits per heavy atom. The summed E-state index contributed by atoms with van der Waals surface area (Å²) in [5.41, 5.74) is 1.13. The lowest BCUT2D eigenvalue weighted by Gasteiger charge is -2.62. The van der Waals surface area contributed by atoms with E-state index in [1.54, 1.807) is 7.11 Å². The first-order valence-electron chi connectivity index (χ1n) is 12.6. The predicted octanol–water partition coefficient (Wildman–Crippen LogP) is 2.67. The highest BCUT2D eigenvalue weighted by Gasteiger charge is 2.82. The summed E-state index contributed by atoms with van der Waals surface area (Å²) in [6.07, 6.45) is 2.84. The Morgan fingerprint density at radius 3 is 2.56 bits per heavy atom. The number of ether oxygens (including phenoxy) is 3. The molecule has 1 spiro atoms. The summed E-state index contributed by atoms with van der Waals surface area (Å²) in [6.45, 7) is 11.9. The van der Waals surface area contributed by atoms with E-state index in [4.69, 9.17) is 14.2 Å². The van der Waals surface area contributed by atoms with Crippen LogP contribution in [0.2, 0.25) is 0 Å². The van der Waals surface area contributed by atoms with Gasteiger partial charge < -0.3 is 24.6 Å². The van der Waals surface area contributed by atoms with Crippen molar-refractivity contribution in [2.24, 2.45) is 29.1 Å². The highest BCUT2D eigenvalue weighted by atomic mass is 16.6. The van der Waals surface area contributed by atoms with Gasteiger partial charge in [-0.2, -0.15) is 0 Å². The standard InChI is InChI=1S/C27H39NO4/c1-8-26(31-7)19(25(5,29)24(2,3)4)12-16-21-15-11-14-9-10-18(30-6)22-20(14)27(16,23(26)32-22)17(15)13-28-21/h9-10,15-17,19,21,23,28-29H,8,11-13H2,1-7H3/p+1. The average molecular weight is 443 g/mol. The van der Waals surface area contributed by atoms with Crippen LogP contribution < -0.4 is 14.8 Å². The van der Waals surface area contributed by atoms with Crippen LogP contribution in [0, 0.1) is 29.1 Å². The second-order valence-electron chi connectivity index (χ2n) is 12.4. The van der Waals surface area contributed by atoms with E-state index in [0.717, 1.165) is 30.8 Å². The predicted molar refractivity (Wildman–Crippen MR) is 122 cm³/mol. The van der Waals surface area contributed by atoms with Gasteiger partial charge in [-0.05, 0) is 43.2 Å². The van der Waals surface area contributed by atoms with E-state index in [-0.39, 0.29) is 22.9 Å². The molecular weight excluding hydrogens is 402 g/mol. The summed E-state index contributed by atoms with van der Waals surface area (Å²) in [4.78, 5) is 0. The van der Waals surface area contributed by atoms with Crippen molar-refractivity contribution in [1.82, 2.24) is 0 Å². The van der Waals surface area contributed by atoms with Gasteiger partial charge >= 0.3 is 0 Å². The maximum Gasteiger partial charge on any atom is 0.165 e. The average Bonchev–Trinajstić information content (AvgIpc) is 3.38. The van der Waals surface area contributed by atoms with Gasteiger partial charge in [-0.3, -0.25) is 0 Å². The van der Waals surface area contributed by atoms with E-state index in [1.807, 2.05) is 14.0 Å². The third-order valence-electron chi connectivity index (χ3n) is 11.0. The molecule has 1 saturated heterocycles. The van der Waals surface area contributed by atoms with E-state index in [0.29, 0.717) is 23.8 Å². The minimum absolute atomic E-state index is 0.0108. The van der Waals surface area contributed by atoms with E-state index < -0.39 is 11.2 Å². The van der Waals surface area contributed by atoms with Crippen molar-refractivity contribution in [1.29, 1.82) is 0 Å². The highest BCUT2D eigenvalue weighted by Crippen LogP contribution is 2.73. The molecule has 4 bridgehead atoms. The van der Waals surface area contributed by atoms with E-state index >= 15 is 0 Å². The number of piperidine rings is 1. The summed E-state index contributed by atoms with van der Waals surface area (Å²) < 4.78 is 19.5.